The standard InChI is InChI=1S/C15H21ClN2O2S/c1-10-3-2-4-12(7-10)21(20)9-15(19)18-14-8-11(16)5-6-13(14)17/h5-6,8,10,12H,2-4,7,9,17H2,1H3,(H,18,19). The van der Waals surface area contributed by atoms with Crippen LogP contribution in [0.15, 0.2) is 18.2 Å². The van der Waals surface area contributed by atoms with E-state index >= 15 is 0 Å². The van der Waals surface area contributed by atoms with Crippen LogP contribution in [0.1, 0.15) is 32.6 Å². The predicted molar refractivity (Wildman–Crippen MR) is 88.9 cm³/mol. The normalized spacial score (nSPS) is 23.5. The van der Waals surface area contributed by atoms with Crippen molar-refractivity contribution in [3.63, 3.8) is 0 Å². The number of nitrogens with two attached hydrogens (primary N) is 1. The van der Waals surface area contributed by atoms with E-state index in [9.17, 15) is 9.00 Å². The minimum atomic E-state index is -1.13. The molecule has 1 fully saturated rings. The number of anilines is 2. The van der Waals surface area contributed by atoms with Crippen molar-refractivity contribution in [2.75, 3.05) is 16.8 Å². The summed E-state index contributed by atoms with van der Waals surface area (Å²) in [6.07, 6.45) is 4.18. The third-order valence-corrected chi connectivity index (χ3v) is 5.78. The van der Waals surface area contributed by atoms with E-state index in [1.165, 1.54) is 6.42 Å². The average molecular weight is 329 g/mol. The van der Waals surface area contributed by atoms with E-state index in [0.717, 1.165) is 19.3 Å². The van der Waals surface area contributed by atoms with Crippen LogP contribution in [-0.4, -0.2) is 21.1 Å². The second-order valence-electron chi connectivity index (χ2n) is 5.70. The van der Waals surface area contributed by atoms with Crippen LogP contribution < -0.4 is 11.1 Å². The number of halogens is 1. The van der Waals surface area contributed by atoms with Crippen LogP contribution in [0.5, 0.6) is 0 Å². The van der Waals surface area contributed by atoms with Gasteiger partial charge < -0.3 is 11.1 Å². The number of carbonyl (C=O) groups is 1. The molecule has 0 radical (unpaired) electrons. The quantitative estimate of drug-likeness (QED) is 0.834. The van der Waals surface area contributed by atoms with Crippen molar-refractivity contribution in [2.45, 2.75) is 37.9 Å². The van der Waals surface area contributed by atoms with Gasteiger partial charge in [-0.25, -0.2) is 0 Å². The Bertz CT molecular complexity index is 550. The summed E-state index contributed by atoms with van der Waals surface area (Å²) in [6, 6.07) is 4.90. The first-order valence-electron chi connectivity index (χ1n) is 7.17. The first-order chi connectivity index (χ1) is 9.95. The maximum absolute atomic E-state index is 12.3. The van der Waals surface area contributed by atoms with Crippen molar-refractivity contribution < 1.29 is 9.00 Å². The highest BCUT2D eigenvalue weighted by Crippen LogP contribution is 2.27. The van der Waals surface area contributed by atoms with E-state index in [0.29, 0.717) is 22.3 Å². The van der Waals surface area contributed by atoms with Crippen LogP contribution in [0.3, 0.4) is 0 Å². The van der Waals surface area contributed by atoms with Crippen LogP contribution in [0, 0.1) is 5.92 Å². The van der Waals surface area contributed by atoms with Gasteiger partial charge >= 0.3 is 0 Å². The van der Waals surface area contributed by atoms with Crippen LogP contribution in [0.25, 0.3) is 0 Å². The second-order valence-corrected chi connectivity index (χ2v) is 7.85. The Morgan fingerprint density at radius 2 is 2.24 bits per heavy atom. The van der Waals surface area contributed by atoms with E-state index < -0.39 is 10.8 Å². The largest absolute Gasteiger partial charge is 0.397 e. The molecule has 3 unspecified atom stereocenters. The fourth-order valence-corrected chi connectivity index (χ4v) is 4.40. The van der Waals surface area contributed by atoms with Gasteiger partial charge in [0.05, 0.1) is 11.4 Å². The number of nitrogens with one attached hydrogen (secondary N) is 1. The molecular weight excluding hydrogens is 308 g/mol. The lowest BCUT2D eigenvalue weighted by Crippen LogP contribution is -2.29. The van der Waals surface area contributed by atoms with Gasteiger partial charge in [0.15, 0.2) is 0 Å². The highest BCUT2D eigenvalue weighted by Gasteiger charge is 2.25. The van der Waals surface area contributed by atoms with Crippen LogP contribution >= 0.6 is 11.6 Å². The van der Waals surface area contributed by atoms with Gasteiger partial charge in [0.2, 0.25) is 5.91 Å². The summed E-state index contributed by atoms with van der Waals surface area (Å²) in [7, 11) is -1.13. The van der Waals surface area contributed by atoms with Crippen molar-refractivity contribution >= 4 is 39.7 Å². The Labute approximate surface area is 132 Å². The SMILES string of the molecule is CC1CCCC(S(=O)CC(=O)Nc2cc(Cl)ccc2N)C1. The smallest absolute Gasteiger partial charge is 0.237 e. The molecule has 0 aliphatic heterocycles. The Kier molecular flexibility index (Phi) is 5.65. The van der Waals surface area contributed by atoms with Gasteiger partial charge in [0, 0.05) is 21.1 Å². The molecule has 3 N–H and O–H groups in total. The van der Waals surface area contributed by atoms with Gasteiger partial charge in [0.25, 0.3) is 0 Å². The second kappa shape index (κ2) is 7.27. The van der Waals surface area contributed by atoms with E-state index in [1.54, 1.807) is 18.2 Å². The molecule has 0 bridgehead atoms. The van der Waals surface area contributed by atoms with Crippen molar-refractivity contribution in [1.82, 2.24) is 0 Å². The lowest BCUT2D eigenvalue weighted by molar-refractivity contribution is -0.113. The van der Waals surface area contributed by atoms with Crippen LogP contribution in [0.2, 0.25) is 5.02 Å². The summed E-state index contributed by atoms with van der Waals surface area (Å²) in [6.45, 7) is 2.18. The molecule has 116 valence electrons. The third kappa shape index (κ3) is 4.71. The van der Waals surface area contributed by atoms with Crippen LogP contribution in [-0.2, 0) is 15.6 Å². The zero-order valence-corrected chi connectivity index (χ0v) is 13.7. The summed E-state index contributed by atoms with van der Waals surface area (Å²) < 4.78 is 12.3. The molecule has 1 aliphatic rings. The zero-order valence-electron chi connectivity index (χ0n) is 12.1. The average Bonchev–Trinajstić information content (AvgIpc) is 2.42. The minimum Gasteiger partial charge on any atom is -0.397 e. The predicted octanol–water partition coefficient (Wildman–Crippen LogP) is 3.19. The van der Waals surface area contributed by atoms with Gasteiger partial charge in [-0.15, -0.1) is 0 Å². The first kappa shape index (κ1) is 16.3. The van der Waals surface area contributed by atoms with E-state index in [-0.39, 0.29) is 16.9 Å². The fourth-order valence-electron chi connectivity index (χ4n) is 2.69. The van der Waals surface area contributed by atoms with E-state index in [2.05, 4.69) is 12.2 Å². The summed E-state index contributed by atoms with van der Waals surface area (Å²) in [5.41, 5.74) is 6.70. The number of hydrogen-bond donors (Lipinski definition) is 2. The Morgan fingerprint density at radius 3 is 2.95 bits per heavy atom. The number of carbonyl (C=O) groups excluding carboxylic acids is 1. The molecule has 2 rings (SSSR count). The molecule has 0 aromatic heterocycles. The Hall–Kier alpha value is -1.07. The summed E-state index contributed by atoms with van der Waals surface area (Å²) in [4.78, 5) is 12.0. The van der Waals surface area contributed by atoms with Gasteiger partial charge in [-0.2, -0.15) is 0 Å². The fraction of sp³-hybridized carbons (Fsp3) is 0.533. The number of amides is 1. The van der Waals surface area contributed by atoms with Crippen molar-refractivity contribution in [3.05, 3.63) is 23.2 Å². The van der Waals surface area contributed by atoms with Crippen molar-refractivity contribution in [1.29, 1.82) is 0 Å². The van der Waals surface area contributed by atoms with Gasteiger partial charge in [-0.05, 0) is 37.0 Å². The lowest BCUT2D eigenvalue weighted by atomic mass is 9.91. The number of rotatable bonds is 4. The molecule has 3 atom stereocenters. The molecule has 6 heteroatoms. The van der Waals surface area contributed by atoms with Crippen molar-refractivity contribution in [3.8, 4) is 0 Å². The molecule has 0 heterocycles. The Balaban J connectivity index is 1.92. The maximum atomic E-state index is 12.3. The van der Waals surface area contributed by atoms with Gasteiger partial charge in [-0.3, -0.25) is 9.00 Å². The Morgan fingerprint density at radius 1 is 1.48 bits per heavy atom. The highest BCUT2D eigenvalue weighted by atomic mass is 35.5. The molecule has 0 spiro atoms. The number of benzene rings is 1. The van der Waals surface area contributed by atoms with E-state index in [4.69, 9.17) is 17.3 Å². The first-order valence-corrected chi connectivity index (χ1v) is 8.93. The molecule has 21 heavy (non-hydrogen) atoms. The van der Waals surface area contributed by atoms with Gasteiger partial charge in [0.1, 0.15) is 5.75 Å². The van der Waals surface area contributed by atoms with Crippen molar-refractivity contribution in [2.24, 2.45) is 5.92 Å². The zero-order chi connectivity index (χ0) is 15.4. The lowest BCUT2D eigenvalue weighted by Gasteiger charge is -2.25. The molecule has 1 aromatic carbocycles. The summed E-state index contributed by atoms with van der Waals surface area (Å²) >= 11 is 5.88. The van der Waals surface area contributed by atoms with E-state index in [1.807, 2.05) is 0 Å². The summed E-state index contributed by atoms with van der Waals surface area (Å²) in [5, 5.41) is 3.33. The monoisotopic (exact) mass is 328 g/mol. The van der Waals surface area contributed by atoms with Crippen LogP contribution in [0.4, 0.5) is 11.4 Å². The molecule has 0 saturated heterocycles. The number of hydrogen-bond acceptors (Lipinski definition) is 3. The number of nitrogen functional groups attached to an aromatic ring is 1. The molecular formula is C15H21ClN2O2S. The third-order valence-electron chi connectivity index (χ3n) is 3.82. The maximum Gasteiger partial charge on any atom is 0.237 e. The highest BCUT2D eigenvalue weighted by molar-refractivity contribution is 7.86. The molecule has 4 nitrogen and oxygen atoms in total. The molecule has 1 aromatic rings. The molecule has 1 aliphatic carbocycles. The molecule has 1 saturated carbocycles. The molecule has 1 amide bonds. The summed E-state index contributed by atoms with van der Waals surface area (Å²) in [5.74, 6) is 0.337. The minimum absolute atomic E-state index is 0.0172. The topological polar surface area (TPSA) is 72.2 Å². The van der Waals surface area contributed by atoms with Gasteiger partial charge in [-0.1, -0.05) is 31.4 Å².